The molecule has 1 fully saturated rings. The molecule has 1 aromatic rings. The summed E-state index contributed by atoms with van der Waals surface area (Å²) < 4.78 is 28.5. The number of aromatic nitrogens is 2. The van der Waals surface area contributed by atoms with Gasteiger partial charge in [-0.3, -0.25) is 9.89 Å². The lowest BCUT2D eigenvalue weighted by Gasteiger charge is -2.21. The highest BCUT2D eigenvalue weighted by Gasteiger charge is 2.37. The second kappa shape index (κ2) is 6.33. The number of rotatable bonds is 7. The number of nitrogens with one attached hydrogen (secondary N) is 1. The van der Waals surface area contributed by atoms with Crippen molar-refractivity contribution in [2.45, 2.75) is 37.1 Å². The van der Waals surface area contributed by atoms with E-state index >= 15 is 0 Å². The summed E-state index contributed by atoms with van der Waals surface area (Å²) in [6.07, 6.45) is 2.20. The maximum absolute atomic E-state index is 12.6. The van der Waals surface area contributed by atoms with E-state index in [4.69, 9.17) is 15.4 Å². The van der Waals surface area contributed by atoms with Gasteiger partial charge in [-0.1, -0.05) is 6.92 Å². The molecule has 21 heavy (non-hydrogen) atoms. The summed E-state index contributed by atoms with van der Waals surface area (Å²) in [5.74, 6) is -0.426. The van der Waals surface area contributed by atoms with Gasteiger partial charge in [0.15, 0.2) is 5.69 Å². The van der Waals surface area contributed by atoms with Crippen molar-refractivity contribution >= 4 is 25.6 Å². The van der Waals surface area contributed by atoms with Gasteiger partial charge in [-0.2, -0.15) is 5.10 Å². The minimum absolute atomic E-state index is 0.125. The van der Waals surface area contributed by atoms with Gasteiger partial charge >= 0.3 is 0 Å². The molecule has 0 aromatic carbocycles. The van der Waals surface area contributed by atoms with Gasteiger partial charge in [0.05, 0.1) is 12.3 Å². The molecule has 0 aliphatic heterocycles. The molecular formula is C12H18ClN3O4S. The van der Waals surface area contributed by atoms with E-state index in [1.54, 1.807) is 18.9 Å². The fourth-order valence-corrected chi connectivity index (χ4v) is 3.52. The van der Waals surface area contributed by atoms with Gasteiger partial charge in [-0.25, -0.2) is 8.42 Å². The minimum Gasteiger partial charge on any atom is -0.383 e. The van der Waals surface area contributed by atoms with E-state index in [1.807, 2.05) is 0 Å². The van der Waals surface area contributed by atoms with Gasteiger partial charge in [0.1, 0.15) is 4.90 Å². The van der Waals surface area contributed by atoms with Crippen molar-refractivity contribution in [3.63, 3.8) is 0 Å². The smallest absolute Gasteiger partial charge is 0.276 e. The third-order valence-electron chi connectivity index (χ3n) is 3.38. The SMILES string of the molecule is CCc1[nH]nc(C(=O)N(CCOC)C2CC2)c1S(=O)(=O)Cl. The highest BCUT2D eigenvalue weighted by Crippen LogP contribution is 2.30. The van der Waals surface area contributed by atoms with Crippen LogP contribution in [0.2, 0.25) is 0 Å². The van der Waals surface area contributed by atoms with Crippen LogP contribution in [0.15, 0.2) is 4.90 Å². The highest BCUT2D eigenvalue weighted by atomic mass is 35.7. The van der Waals surface area contributed by atoms with E-state index < -0.39 is 15.0 Å². The number of methoxy groups -OCH3 is 1. The number of hydrogen-bond donors (Lipinski definition) is 1. The summed E-state index contributed by atoms with van der Waals surface area (Å²) in [5.41, 5.74) is 0.209. The molecule has 0 bridgehead atoms. The number of amides is 1. The van der Waals surface area contributed by atoms with Crippen LogP contribution in [-0.4, -0.2) is 55.7 Å². The second-order valence-corrected chi connectivity index (χ2v) is 7.40. The van der Waals surface area contributed by atoms with Crippen LogP contribution in [0, 0.1) is 0 Å². The monoisotopic (exact) mass is 335 g/mol. The Morgan fingerprint density at radius 3 is 2.67 bits per heavy atom. The van der Waals surface area contributed by atoms with Crippen molar-refractivity contribution in [2.24, 2.45) is 0 Å². The first-order chi connectivity index (χ1) is 9.90. The Morgan fingerprint density at radius 1 is 1.52 bits per heavy atom. The Morgan fingerprint density at radius 2 is 2.19 bits per heavy atom. The molecule has 1 amide bonds. The maximum atomic E-state index is 12.6. The Bertz CT molecular complexity index is 624. The summed E-state index contributed by atoms with van der Waals surface area (Å²) in [5, 5.41) is 6.46. The zero-order chi connectivity index (χ0) is 15.6. The molecule has 118 valence electrons. The normalized spacial score (nSPS) is 15.2. The number of carbonyl (C=O) groups is 1. The number of aryl methyl sites for hydroxylation is 1. The van der Waals surface area contributed by atoms with Gasteiger partial charge in [-0.15, -0.1) is 0 Å². The lowest BCUT2D eigenvalue weighted by Crippen LogP contribution is -2.36. The van der Waals surface area contributed by atoms with Crippen molar-refractivity contribution in [3.05, 3.63) is 11.4 Å². The minimum atomic E-state index is -4.04. The largest absolute Gasteiger partial charge is 0.383 e. The first kappa shape index (κ1) is 16.3. The third kappa shape index (κ3) is 3.56. The van der Waals surface area contributed by atoms with Gasteiger partial charge in [-0.05, 0) is 19.3 Å². The van der Waals surface area contributed by atoms with E-state index in [0.717, 1.165) is 12.8 Å². The molecule has 1 heterocycles. The molecule has 0 spiro atoms. The first-order valence-electron chi connectivity index (χ1n) is 6.72. The van der Waals surface area contributed by atoms with Crippen LogP contribution in [0.4, 0.5) is 0 Å². The number of halogens is 1. The van der Waals surface area contributed by atoms with Crippen LogP contribution >= 0.6 is 10.7 Å². The van der Waals surface area contributed by atoms with Crippen LogP contribution in [0.3, 0.4) is 0 Å². The zero-order valence-electron chi connectivity index (χ0n) is 11.9. The van der Waals surface area contributed by atoms with Gasteiger partial charge < -0.3 is 9.64 Å². The van der Waals surface area contributed by atoms with E-state index in [9.17, 15) is 13.2 Å². The van der Waals surface area contributed by atoms with Crippen molar-refractivity contribution in [1.29, 1.82) is 0 Å². The van der Waals surface area contributed by atoms with Crippen LogP contribution in [0.25, 0.3) is 0 Å². The molecule has 1 N–H and O–H groups in total. The van der Waals surface area contributed by atoms with Gasteiger partial charge in [0, 0.05) is 30.4 Å². The third-order valence-corrected chi connectivity index (χ3v) is 4.77. The Kier molecular flexibility index (Phi) is 4.90. The quantitative estimate of drug-likeness (QED) is 0.754. The molecule has 0 saturated heterocycles. The topological polar surface area (TPSA) is 92.4 Å². The molecule has 9 heteroatoms. The van der Waals surface area contributed by atoms with Crippen molar-refractivity contribution in [1.82, 2.24) is 15.1 Å². The number of carbonyl (C=O) groups excluding carboxylic acids is 1. The van der Waals surface area contributed by atoms with Crippen LogP contribution < -0.4 is 0 Å². The first-order valence-corrected chi connectivity index (χ1v) is 9.02. The lowest BCUT2D eigenvalue weighted by molar-refractivity contribution is 0.0670. The Labute approximate surface area is 128 Å². The number of nitrogens with zero attached hydrogens (tertiary/aromatic N) is 2. The van der Waals surface area contributed by atoms with Gasteiger partial charge in [0.25, 0.3) is 15.0 Å². The highest BCUT2D eigenvalue weighted by molar-refractivity contribution is 8.13. The standard InChI is InChI=1S/C12H18ClN3O4S/c1-3-9-11(21(13,18)19)10(15-14-9)12(17)16(6-7-20-2)8-4-5-8/h8H,3-7H2,1-2H3,(H,14,15). The summed E-state index contributed by atoms with van der Waals surface area (Å²) in [6.45, 7) is 2.54. The van der Waals surface area contributed by atoms with E-state index in [-0.39, 0.29) is 16.6 Å². The summed E-state index contributed by atoms with van der Waals surface area (Å²) >= 11 is 0. The Balaban J connectivity index is 2.36. The van der Waals surface area contributed by atoms with E-state index in [2.05, 4.69) is 10.2 Å². The number of H-pyrrole nitrogens is 1. The molecule has 0 atom stereocenters. The van der Waals surface area contributed by atoms with E-state index in [0.29, 0.717) is 25.3 Å². The fourth-order valence-electron chi connectivity index (χ4n) is 2.18. The zero-order valence-corrected chi connectivity index (χ0v) is 13.5. The second-order valence-electron chi connectivity index (χ2n) is 4.89. The molecule has 1 aromatic heterocycles. The molecule has 1 aliphatic carbocycles. The number of hydrogen-bond acceptors (Lipinski definition) is 5. The lowest BCUT2D eigenvalue weighted by atomic mass is 10.2. The Hall–Kier alpha value is -1.12. The average molecular weight is 336 g/mol. The van der Waals surface area contributed by atoms with Crippen molar-refractivity contribution < 1.29 is 17.9 Å². The molecule has 7 nitrogen and oxygen atoms in total. The molecule has 1 saturated carbocycles. The van der Waals surface area contributed by atoms with Crippen LogP contribution in [0.1, 0.15) is 35.9 Å². The average Bonchev–Trinajstić information content (AvgIpc) is 3.15. The maximum Gasteiger partial charge on any atom is 0.276 e. The summed E-state index contributed by atoms with van der Waals surface area (Å²) in [4.78, 5) is 14.0. The molecule has 0 radical (unpaired) electrons. The van der Waals surface area contributed by atoms with Crippen molar-refractivity contribution in [2.75, 3.05) is 20.3 Å². The van der Waals surface area contributed by atoms with Gasteiger partial charge in [0.2, 0.25) is 0 Å². The summed E-state index contributed by atoms with van der Waals surface area (Å²) in [6, 6.07) is 0.125. The fraction of sp³-hybridized carbons (Fsp3) is 0.667. The number of ether oxygens (including phenoxy) is 1. The summed E-state index contributed by atoms with van der Waals surface area (Å²) in [7, 11) is 2.97. The predicted molar refractivity (Wildman–Crippen MR) is 76.9 cm³/mol. The molecule has 0 unspecified atom stereocenters. The predicted octanol–water partition coefficient (Wildman–Crippen LogP) is 1.15. The van der Waals surface area contributed by atoms with E-state index in [1.165, 1.54) is 0 Å². The van der Waals surface area contributed by atoms with Crippen molar-refractivity contribution in [3.8, 4) is 0 Å². The molecule has 1 aliphatic rings. The number of aromatic amines is 1. The molecular weight excluding hydrogens is 318 g/mol. The van der Waals surface area contributed by atoms with Crippen LogP contribution in [0.5, 0.6) is 0 Å². The molecule has 2 rings (SSSR count). The van der Waals surface area contributed by atoms with Crippen LogP contribution in [-0.2, 0) is 20.2 Å².